The first-order valence-corrected chi connectivity index (χ1v) is 12.7. The van der Waals surface area contributed by atoms with E-state index in [9.17, 15) is 4.79 Å². The Kier molecular flexibility index (Phi) is 5.94. The molecule has 37 heavy (non-hydrogen) atoms. The van der Waals surface area contributed by atoms with Gasteiger partial charge in [-0.1, -0.05) is 66.2 Å². The minimum absolute atomic E-state index is 0.00702. The molecule has 0 radical (unpaired) electrons. The van der Waals surface area contributed by atoms with Crippen LogP contribution < -0.4 is 4.74 Å². The maximum absolute atomic E-state index is 13.0. The van der Waals surface area contributed by atoms with E-state index in [1.165, 1.54) is 27.9 Å². The number of hydrazone groups is 1. The molecule has 0 fully saturated rings. The summed E-state index contributed by atoms with van der Waals surface area (Å²) in [7, 11) is 0. The number of carbonyl (C=O) groups is 1. The number of aliphatic imine (C=N–C) groups is 1. The van der Waals surface area contributed by atoms with Crippen molar-refractivity contribution in [2.24, 2.45) is 10.1 Å². The number of amidine groups is 2. The van der Waals surface area contributed by atoms with Gasteiger partial charge in [-0.3, -0.25) is 10.2 Å². The molecule has 0 spiro atoms. The fourth-order valence-electron chi connectivity index (χ4n) is 4.32. The fourth-order valence-corrected chi connectivity index (χ4v) is 5.12. The summed E-state index contributed by atoms with van der Waals surface area (Å²) in [5.41, 5.74) is 4.53. The zero-order valence-electron chi connectivity index (χ0n) is 20.1. The molecule has 2 aliphatic heterocycles. The number of thioether (sulfide) groups is 1. The molecular weight excluding hydrogens is 482 g/mol. The predicted octanol–water partition coefficient (Wildman–Crippen LogP) is 5.70. The molecule has 3 aromatic carbocycles. The number of nitrogens with one attached hydrogen (secondary N) is 1. The van der Waals surface area contributed by atoms with E-state index in [1.54, 1.807) is 6.08 Å². The molecule has 0 atom stereocenters. The van der Waals surface area contributed by atoms with E-state index in [0.29, 0.717) is 16.8 Å². The topological polar surface area (TPSA) is 83.0 Å². The summed E-state index contributed by atoms with van der Waals surface area (Å²) >= 11 is 1.25. The van der Waals surface area contributed by atoms with E-state index in [0.717, 1.165) is 22.2 Å². The van der Waals surface area contributed by atoms with E-state index < -0.39 is 5.91 Å². The average molecular weight is 506 g/mol. The number of nitrogens with zero attached hydrogens (tertiary/aromatic N) is 4. The highest BCUT2D eigenvalue weighted by molar-refractivity contribution is 8.27. The van der Waals surface area contributed by atoms with Gasteiger partial charge in [0.05, 0.1) is 5.57 Å². The molecule has 1 aromatic heterocycles. The van der Waals surface area contributed by atoms with Gasteiger partial charge in [0.2, 0.25) is 5.17 Å². The lowest BCUT2D eigenvalue weighted by Gasteiger charge is -2.20. The Morgan fingerprint density at radius 2 is 1.76 bits per heavy atom. The molecular formula is C29H23N5O2S. The minimum Gasteiger partial charge on any atom is -0.487 e. The number of para-hydroxylation sites is 2. The van der Waals surface area contributed by atoms with Gasteiger partial charge in [-0.2, -0.15) is 15.1 Å². The summed E-state index contributed by atoms with van der Waals surface area (Å²) in [4.78, 5) is 17.2. The number of carbonyl (C=O) groups excluding carboxylic acids is 1. The molecule has 2 aliphatic rings. The van der Waals surface area contributed by atoms with Gasteiger partial charge in [0, 0.05) is 29.2 Å². The monoisotopic (exact) mass is 505 g/mol. The van der Waals surface area contributed by atoms with Crippen LogP contribution in [-0.4, -0.2) is 38.1 Å². The van der Waals surface area contributed by atoms with Crippen molar-refractivity contribution in [2.45, 2.75) is 13.5 Å². The van der Waals surface area contributed by atoms with Crippen LogP contribution in [0.1, 0.15) is 16.7 Å². The first kappa shape index (κ1) is 23.0. The quantitative estimate of drug-likeness (QED) is 0.341. The third-order valence-electron chi connectivity index (χ3n) is 6.19. The normalized spacial score (nSPS) is 16.2. The van der Waals surface area contributed by atoms with Crippen LogP contribution in [0.25, 0.3) is 17.0 Å². The Morgan fingerprint density at radius 1 is 1.00 bits per heavy atom. The zero-order valence-corrected chi connectivity index (χ0v) is 20.9. The van der Waals surface area contributed by atoms with Crippen molar-refractivity contribution in [1.29, 1.82) is 5.41 Å². The van der Waals surface area contributed by atoms with E-state index in [-0.39, 0.29) is 18.0 Å². The Balaban J connectivity index is 1.28. The largest absolute Gasteiger partial charge is 0.487 e. The van der Waals surface area contributed by atoms with Crippen LogP contribution in [0.4, 0.5) is 0 Å². The molecule has 4 aromatic rings. The summed E-state index contributed by atoms with van der Waals surface area (Å²) in [5, 5.41) is 16.7. The summed E-state index contributed by atoms with van der Waals surface area (Å²) in [6.45, 7) is 3.01. The van der Waals surface area contributed by atoms with Gasteiger partial charge in [0.1, 0.15) is 17.4 Å². The number of amides is 1. The van der Waals surface area contributed by atoms with Crippen LogP contribution in [-0.2, 0) is 11.3 Å². The first-order chi connectivity index (χ1) is 18.0. The van der Waals surface area contributed by atoms with Crippen molar-refractivity contribution < 1.29 is 9.53 Å². The lowest BCUT2D eigenvalue weighted by atomic mass is 10.1. The fraction of sp³-hybridized carbons (Fsp3) is 0.103. The Labute approximate surface area is 218 Å². The number of aryl methyl sites for hydroxylation is 1. The van der Waals surface area contributed by atoms with E-state index in [1.807, 2.05) is 54.7 Å². The molecule has 182 valence electrons. The second kappa shape index (κ2) is 9.55. The molecule has 0 saturated heterocycles. The molecule has 7 nitrogen and oxygen atoms in total. The summed E-state index contributed by atoms with van der Waals surface area (Å²) in [5.74, 6) is 0.290. The number of hydrogen-bond donors (Lipinski definition) is 1. The van der Waals surface area contributed by atoms with Crippen LogP contribution in [0.15, 0.2) is 101 Å². The van der Waals surface area contributed by atoms with E-state index in [4.69, 9.17) is 10.1 Å². The highest BCUT2D eigenvalue weighted by Gasteiger charge is 2.36. The molecule has 8 heteroatoms. The maximum atomic E-state index is 13.0. The third-order valence-corrected chi connectivity index (χ3v) is 7.08. The zero-order chi connectivity index (χ0) is 25.4. The van der Waals surface area contributed by atoms with Gasteiger partial charge in [-0.25, -0.2) is 0 Å². The molecule has 0 aliphatic carbocycles. The number of rotatable bonds is 6. The number of hydrogen-bond acceptors (Lipinski definition) is 5. The molecule has 3 heterocycles. The van der Waals surface area contributed by atoms with Gasteiger partial charge in [0.25, 0.3) is 5.91 Å². The van der Waals surface area contributed by atoms with Crippen LogP contribution in [0.5, 0.6) is 5.75 Å². The highest BCUT2D eigenvalue weighted by atomic mass is 32.2. The van der Waals surface area contributed by atoms with Gasteiger partial charge in [-0.05, 0) is 48.5 Å². The van der Waals surface area contributed by atoms with Gasteiger partial charge in [0.15, 0.2) is 5.84 Å². The third kappa shape index (κ3) is 4.59. The molecule has 1 N–H and O–H groups in total. The molecule has 0 bridgehead atoms. The maximum Gasteiger partial charge on any atom is 0.283 e. The van der Waals surface area contributed by atoms with Crippen molar-refractivity contribution >= 4 is 50.7 Å². The van der Waals surface area contributed by atoms with Crippen molar-refractivity contribution in [3.63, 3.8) is 0 Å². The Hall–Kier alpha value is -4.43. The number of benzene rings is 3. The van der Waals surface area contributed by atoms with Gasteiger partial charge < -0.3 is 9.30 Å². The molecule has 6 rings (SSSR count). The average Bonchev–Trinajstić information content (AvgIpc) is 3.48. The second-order valence-electron chi connectivity index (χ2n) is 8.83. The molecule has 0 unspecified atom stereocenters. The van der Waals surface area contributed by atoms with Crippen molar-refractivity contribution in [2.75, 3.05) is 6.61 Å². The van der Waals surface area contributed by atoms with Gasteiger partial charge in [-0.15, -0.1) is 0 Å². The van der Waals surface area contributed by atoms with Crippen molar-refractivity contribution in [3.05, 3.63) is 107 Å². The highest BCUT2D eigenvalue weighted by Crippen LogP contribution is 2.30. The lowest BCUT2D eigenvalue weighted by molar-refractivity contribution is -0.114. The van der Waals surface area contributed by atoms with Crippen molar-refractivity contribution in [1.82, 2.24) is 9.58 Å². The van der Waals surface area contributed by atoms with Crippen LogP contribution >= 0.6 is 11.8 Å². The van der Waals surface area contributed by atoms with Crippen LogP contribution in [0.2, 0.25) is 0 Å². The van der Waals surface area contributed by atoms with E-state index in [2.05, 4.69) is 51.9 Å². The van der Waals surface area contributed by atoms with E-state index >= 15 is 0 Å². The Morgan fingerprint density at radius 3 is 2.57 bits per heavy atom. The number of aromatic nitrogens is 1. The summed E-state index contributed by atoms with van der Waals surface area (Å²) in [6.07, 6.45) is 3.77. The predicted molar refractivity (Wildman–Crippen MR) is 149 cm³/mol. The molecule has 1 amide bonds. The standard InChI is InChI=1S/C29H23N5O2S/c1-19-11-13-20(14-12-19)16-33-17-21(23-9-5-6-10-25(23)33)15-24-27(30)34-29(31-28(24)35)37-26(32-34)18-36-22-7-3-2-4-8-22/h2-15,17,30H,16,18H2,1H3/b24-15-,30-27?. The summed E-state index contributed by atoms with van der Waals surface area (Å²) in [6, 6.07) is 26.0. The van der Waals surface area contributed by atoms with Crippen LogP contribution in [0.3, 0.4) is 0 Å². The first-order valence-electron chi connectivity index (χ1n) is 11.9. The van der Waals surface area contributed by atoms with Crippen LogP contribution in [0, 0.1) is 12.3 Å². The van der Waals surface area contributed by atoms with Gasteiger partial charge >= 0.3 is 0 Å². The lowest BCUT2D eigenvalue weighted by Crippen LogP contribution is -2.35. The summed E-state index contributed by atoms with van der Waals surface area (Å²) < 4.78 is 7.95. The second-order valence-corrected chi connectivity index (χ2v) is 9.87. The molecule has 0 saturated carbocycles. The smallest absolute Gasteiger partial charge is 0.283 e. The SMILES string of the molecule is Cc1ccc(Cn2cc(/C=C3/C(=N)N4N=C(COc5ccccc5)SC4=NC3=O)c3ccccc32)cc1. The Bertz CT molecular complexity index is 1620. The number of fused-ring (bicyclic) bond motifs is 2. The minimum atomic E-state index is -0.445. The number of ether oxygens (including phenoxy) is 1. The van der Waals surface area contributed by atoms with Crippen molar-refractivity contribution in [3.8, 4) is 5.75 Å².